The first-order valence-electron chi connectivity index (χ1n) is 22.9. The molecule has 12 nitrogen and oxygen atoms in total. The number of amides is 1. The van der Waals surface area contributed by atoms with Crippen molar-refractivity contribution in [1.29, 1.82) is 0 Å². The molecule has 6 heterocycles. The van der Waals surface area contributed by atoms with E-state index in [1.807, 2.05) is 27.0 Å². The first-order valence-corrected chi connectivity index (χ1v) is 22.9. The molecule has 3 N–H and O–H groups in total. The fourth-order valence-corrected chi connectivity index (χ4v) is 13.7. The molecule has 6 aliphatic rings. The monoisotopic (exact) mass is 847 g/mol. The van der Waals surface area contributed by atoms with Crippen molar-refractivity contribution in [3.8, 4) is 5.75 Å². The van der Waals surface area contributed by atoms with E-state index in [0.29, 0.717) is 38.0 Å². The third-order valence-electron chi connectivity index (χ3n) is 15.8. The van der Waals surface area contributed by atoms with Crippen molar-refractivity contribution >= 4 is 34.4 Å². The summed E-state index contributed by atoms with van der Waals surface area (Å²) in [6.07, 6.45) is 9.48. The lowest BCUT2D eigenvalue weighted by molar-refractivity contribution is -0.217. The second-order valence-electron chi connectivity index (χ2n) is 19.5. The Morgan fingerprint density at radius 3 is 2.56 bits per heavy atom. The van der Waals surface area contributed by atoms with Gasteiger partial charge < -0.3 is 34.5 Å². The molecule has 5 aliphatic heterocycles. The Morgan fingerprint density at radius 1 is 1.06 bits per heavy atom. The van der Waals surface area contributed by atoms with Gasteiger partial charge in [0.2, 0.25) is 5.91 Å². The summed E-state index contributed by atoms with van der Waals surface area (Å²) < 4.78 is 18.9. The number of nitrogens with zero attached hydrogens (tertiary/aromatic N) is 3. The highest BCUT2D eigenvalue weighted by Gasteiger charge is 2.78. The van der Waals surface area contributed by atoms with Crippen LogP contribution in [0.4, 0.5) is 5.69 Å². The van der Waals surface area contributed by atoms with Gasteiger partial charge in [0.05, 0.1) is 26.8 Å². The SMILES string of the molecule is CCC1=C[C@@H]2CN(CCc3c([nH]c4ccccc34)[C@@](C(=O)OC)(c3cc4c(cc3OC)N(C)[C@H]3[C@@](O)(CNC(=O)CC(C)C)[C@H](OC(C)=O)[C@]5(CC)C=CCN6CC[C@]43C65)C2)C1. The summed E-state index contributed by atoms with van der Waals surface area (Å²) in [4.78, 5) is 53.1. The lowest BCUT2D eigenvalue weighted by Crippen LogP contribution is -2.81. The molecule has 3 aromatic rings. The number of aromatic amines is 1. The second-order valence-corrected chi connectivity index (χ2v) is 19.5. The number of carbonyl (C=O) groups is 3. The lowest BCUT2D eigenvalue weighted by Gasteiger charge is -2.64. The fraction of sp³-hybridized carbons (Fsp3) is 0.580. The van der Waals surface area contributed by atoms with Gasteiger partial charge in [0.15, 0.2) is 0 Å². The smallest absolute Gasteiger partial charge is 0.322 e. The van der Waals surface area contributed by atoms with E-state index >= 15 is 4.79 Å². The van der Waals surface area contributed by atoms with E-state index in [0.717, 1.165) is 78.0 Å². The van der Waals surface area contributed by atoms with Crippen LogP contribution in [-0.2, 0) is 41.1 Å². The number of rotatable bonds is 10. The summed E-state index contributed by atoms with van der Waals surface area (Å²) in [7, 11) is 5.16. The minimum Gasteiger partial charge on any atom is -0.496 e. The number of likely N-dealkylation sites (N-methyl/N-ethyl adjacent to an activating group) is 1. The number of benzene rings is 2. The van der Waals surface area contributed by atoms with E-state index in [1.165, 1.54) is 19.6 Å². The highest BCUT2D eigenvalue weighted by Crippen LogP contribution is 2.68. The van der Waals surface area contributed by atoms with Crippen molar-refractivity contribution in [3.05, 3.63) is 82.6 Å². The molecule has 62 heavy (non-hydrogen) atoms. The Hall–Kier alpha value is -4.65. The summed E-state index contributed by atoms with van der Waals surface area (Å²) in [5.41, 5.74) is 2.32. The molecule has 12 heteroatoms. The molecule has 0 radical (unpaired) electrons. The van der Waals surface area contributed by atoms with Gasteiger partial charge >= 0.3 is 11.9 Å². The van der Waals surface area contributed by atoms with E-state index in [4.69, 9.17) is 14.2 Å². The molecule has 1 spiro atoms. The molecular weight excluding hydrogens is 783 g/mol. The van der Waals surface area contributed by atoms with Crippen molar-refractivity contribution in [2.75, 3.05) is 65.4 Å². The number of aliphatic hydroxyl groups is 1. The normalized spacial score (nSPS) is 33.4. The summed E-state index contributed by atoms with van der Waals surface area (Å²) in [6.45, 7) is 13.7. The first-order chi connectivity index (χ1) is 29.7. The van der Waals surface area contributed by atoms with E-state index in [9.17, 15) is 14.7 Å². The molecule has 9 atom stereocenters. The minimum absolute atomic E-state index is 0.0404. The van der Waals surface area contributed by atoms with Gasteiger partial charge in [0, 0.05) is 97.4 Å². The van der Waals surface area contributed by atoms with Crippen LogP contribution in [0.5, 0.6) is 5.75 Å². The molecule has 1 aromatic heterocycles. The predicted octanol–water partition coefficient (Wildman–Crippen LogP) is 5.79. The molecule has 1 saturated heterocycles. The van der Waals surface area contributed by atoms with Crippen LogP contribution in [0.15, 0.2) is 60.2 Å². The Labute approximate surface area is 366 Å². The van der Waals surface area contributed by atoms with Gasteiger partial charge in [0.1, 0.15) is 22.9 Å². The maximum absolute atomic E-state index is 15.4. The summed E-state index contributed by atoms with van der Waals surface area (Å²) in [6, 6.07) is 11.8. The Morgan fingerprint density at radius 2 is 1.85 bits per heavy atom. The molecule has 332 valence electrons. The second kappa shape index (κ2) is 15.6. The average molecular weight is 848 g/mol. The van der Waals surface area contributed by atoms with E-state index < -0.39 is 40.0 Å². The average Bonchev–Trinajstić information content (AvgIpc) is 3.92. The zero-order chi connectivity index (χ0) is 43.9. The van der Waals surface area contributed by atoms with E-state index in [-0.39, 0.29) is 36.3 Å². The Bertz CT molecular complexity index is 2350. The van der Waals surface area contributed by atoms with Crippen molar-refractivity contribution < 1.29 is 33.7 Å². The van der Waals surface area contributed by atoms with Crippen LogP contribution in [-0.4, -0.2) is 122 Å². The third kappa shape index (κ3) is 6.05. The molecule has 1 aliphatic carbocycles. The number of ether oxygens (including phenoxy) is 3. The highest BCUT2D eigenvalue weighted by atomic mass is 16.6. The van der Waals surface area contributed by atoms with Crippen molar-refractivity contribution in [2.24, 2.45) is 17.3 Å². The number of fused-ring (bicyclic) bond motifs is 6. The van der Waals surface area contributed by atoms with Gasteiger partial charge in [-0.15, -0.1) is 0 Å². The zero-order valence-electron chi connectivity index (χ0n) is 37.8. The van der Waals surface area contributed by atoms with Crippen molar-refractivity contribution in [3.63, 3.8) is 0 Å². The van der Waals surface area contributed by atoms with Crippen LogP contribution < -0.4 is 15.0 Å². The number of nitrogens with one attached hydrogen (secondary N) is 2. The van der Waals surface area contributed by atoms with E-state index in [1.54, 1.807) is 7.11 Å². The van der Waals surface area contributed by atoms with Crippen LogP contribution in [0.2, 0.25) is 0 Å². The first kappa shape index (κ1) is 42.6. The van der Waals surface area contributed by atoms with E-state index in [2.05, 4.69) is 87.4 Å². The largest absolute Gasteiger partial charge is 0.496 e. The topological polar surface area (TPSA) is 137 Å². The van der Waals surface area contributed by atoms with Crippen LogP contribution >= 0.6 is 0 Å². The van der Waals surface area contributed by atoms with Gasteiger partial charge in [-0.3, -0.25) is 24.2 Å². The number of hydrogen-bond acceptors (Lipinski definition) is 10. The molecule has 2 aromatic carbocycles. The fourth-order valence-electron chi connectivity index (χ4n) is 13.7. The summed E-state index contributed by atoms with van der Waals surface area (Å²) in [5, 5.41) is 18.0. The Balaban J connectivity index is 1.33. The van der Waals surface area contributed by atoms with Crippen LogP contribution in [0.1, 0.15) is 89.1 Å². The maximum Gasteiger partial charge on any atom is 0.322 e. The van der Waals surface area contributed by atoms with Gasteiger partial charge in [-0.2, -0.15) is 0 Å². The number of aromatic nitrogens is 1. The number of carbonyl (C=O) groups excluding carboxylic acids is 3. The predicted molar refractivity (Wildman–Crippen MR) is 239 cm³/mol. The number of esters is 2. The quantitative estimate of drug-likeness (QED) is 0.170. The van der Waals surface area contributed by atoms with Gasteiger partial charge in [0.25, 0.3) is 0 Å². The number of anilines is 1. The molecular formula is C50H65N5O7. The molecule has 1 amide bonds. The van der Waals surface area contributed by atoms with Gasteiger partial charge in [-0.05, 0) is 73.7 Å². The molecule has 9 rings (SSSR count). The van der Waals surface area contributed by atoms with Crippen molar-refractivity contribution in [2.45, 2.75) is 108 Å². The summed E-state index contributed by atoms with van der Waals surface area (Å²) >= 11 is 0. The van der Waals surface area contributed by atoms with Gasteiger partial charge in [-0.25, -0.2) is 0 Å². The molecule has 2 fully saturated rings. The lowest BCUT2D eigenvalue weighted by atomic mass is 9.47. The Kier molecular flexibility index (Phi) is 10.7. The number of H-pyrrole nitrogens is 1. The molecule has 1 saturated carbocycles. The van der Waals surface area contributed by atoms with Crippen LogP contribution in [0.25, 0.3) is 10.9 Å². The van der Waals surface area contributed by atoms with Gasteiger partial charge in [-0.1, -0.05) is 69.7 Å². The number of methoxy groups -OCH3 is 2. The summed E-state index contributed by atoms with van der Waals surface area (Å²) in [5.74, 6) is -0.291. The molecule has 2 bridgehead atoms. The van der Waals surface area contributed by atoms with Crippen LogP contribution in [0.3, 0.4) is 0 Å². The zero-order valence-corrected chi connectivity index (χ0v) is 37.8. The van der Waals surface area contributed by atoms with Crippen molar-refractivity contribution in [1.82, 2.24) is 20.1 Å². The molecule has 2 unspecified atom stereocenters. The minimum atomic E-state index is -1.74. The number of hydrogen-bond donors (Lipinski definition) is 3. The van der Waals surface area contributed by atoms with Crippen LogP contribution in [0, 0.1) is 17.3 Å². The number of para-hydroxylation sites is 1. The maximum atomic E-state index is 15.4. The highest BCUT2D eigenvalue weighted by molar-refractivity contribution is 5.94. The third-order valence-corrected chi connectivity index (χ3v) is 15.8. The standard InChI is InChI=1S/C50H65N5O7/c1-9-32-23-33-26-49(46(58)61-8,42-35(16-20-54(27-32)28-33)34-14-11-12-15-38(34)52-42)37-24-36-39(25-40(37)60-7)53(6)44-48(36)18-21-55-19-13-17-47(10-2,43(48)55)45(62-31(5)56)50(44,59)29-51-41(57)22-30(3)4/h11-15,17,23-25,30,33,43-45,52,59H,9-10,16,18-22,26-29H2,1-8H3,(H,51,57)/t33-,43?,44+,45+,47+,48+,49-,50-/m0/s1.